The molecule has 0 fully saturated rings. The largest absolute Gasteiger partial charge is 0.356 e. The SMILES string of the molecule is Clc1ccc2c(c1)-c1cc(Br)ccc1[Si]2(c1ccccc1)c1cccc(-c2cccnc2)c1.Clc1ccc2c(c1)-c1cc(N(c3ccccc3)c3ccccc3)ccc1[Si]2(c1ccccc1)c1cccc(-c2ccccn2)c1.c1ccc(Nc2ccccc2)cc1. The van der Waals surface area contributed by atoms with Crippen molar-refractivity contribution in [2.75, 3.05) is 10.2 Å². The fourth-order valence-electron chi connectivity index (χ4n) is 13.4. The third-order valence-electron chi connectivity index (χ3n) is 17.2. The summed E-state index contributed by atoms with van der Waals surface area (Å²) in [6, 6.07) is 118. The molecule has 0 bridgehead atoms. The molecule has 0 saturated heterocycles. The van der Waals surface area contributed by atoms with Crippen LogP contribution in [-0.4, -0.2) is 26.1 Å². The summed E-state index contributed by atoms with van der Waals surface area (Å²) in [7, 11) is -5.27. The van der Waals surface area contributed by atoms with E-state index in [0.717, 1.165) is 59.8 Å². The molecule has 9 heteroatoms. The van der Waals surface area contributed by atoms with Crippen molar-refractivity contribution in [2.45, 2.75) is 0 Å². The lowest BCUT2D eigenvalue weighted by molar-refractivity contribution is 1.29. The maximum atomic E-state index is 6.77. The molecule has 2 unspecified atom stereocenters. The van der Waals surface area contributed by atoms with E-state index in [-0.39, 0.29) is 0 Å². The third kappa shape index (κ3) is 11.5. The Hall–Kier alpha value is -9.97. The van der Waals surface area contributed by atoms with Gasteiger partial charge in [0.25, 0.3) is 0 Å². The first-order chi connectivity index (χ1) is 44.9. The van der Waals surface area contributed by atoms with Crippen molar-refractivity contribution in [3.63, 3.8) is 0 Å². The number of rotatable bonds is 11. The minimum atomic E-state index is -2.73. The summed E-state index contributed by atoms with van der Waals surface area (Å²) >= 11 is 17.0. The van der Waals surface area contributed by atoms with Crippen molar-refractivity contribution >= 4 is 125 Å². The van der Waals surface area contributed by atoms with Gasteiger partial charge in [-0.1, -0.05) is 258 Å². The predicted octanol–water partition coefficient (Wildman–Crippen LogP) is 17.2. The summed E-state index contributed by atoms with van der Waals surface area (Å²) in [6.07, 6.45) is 5.61. The molecular formula is C82H59BrCl2N4Si2. The highest BCUT2D eigenvalue weighted by Gasteiger charge is 2.50. The number of benzene rings is 12. The quantitative estimate of drug-likeness (QED) is 0.131. The molecule has 2 aliphatic rings. The molecule has 2 atom stereocenters. The first kappa shape index (κ1) is 58.7. The molecule has 4 heterocycles. The van der Waals surface area contributed by atoms with E-state index >= 15 is 0 Å². The van der Waals surface area contributed by atoms with Gasteiger partial charge in [0.1, 0.15) is 0 Å². The lowest BCUT2D eigenvalue weighted by Gasteiger charge is -2.32. The van der Waals surface area contributed by atoms with Gasteiger partial charge >= 0.3 is 0 Å². The van der Waals surface area contributed by atoms with Crippen LogP contribution in [0.4, 0.5) is 28.4 Å². The molecule has 2 aliphatic heterocycles. The van der Waals surface area contributed by atoms with Crippen molar-refractivity contribution in [3.05, 3.63) is 367 Å². The number of nitrogens with one attached hydrogen (secondary N) is 1. The number of para-hydroxylation sites is 4. The Morgan fingerprint density at radius 2 is 0.747 bits per heavy atom. The van der Waals surface area contributed by atoms with Gasteiger partial charge < -0.3 is 10.2 Å². The second-order valence-corrected chi connectivity index (χ2v) is 31.8. The van der Waals surface area contributed by atoms with Gasteiger partial charge in [0.15, 0.2) is 16.1 Å². The standard InChI is InChI=1S/C41H29ClN2Si.C29H19BrClNSi.C12H11N/c42-31-22-24-40-37(28-31)38-29-34(44(32-14-4-1-5-15-32)33-16-6-2-7-17-33)23-25-41(38)45(40,35-18-8-3-9-19-35)36-20-12-13-30(27-36)39-21-10-11-26-43-39;30-22-11-13-28-26(17-22)27-18-23(31)12-14-29(27)33(28,24-8-2-1-3-9-24)25-10-4-6-20(16-25)21-7-5-15-32-19-21;1-3-7-11(8-4-1)13-12-9-5-2-6-10-12/h1-29H;1-19H;1-10,13H. The van der Waals surface area contributed by atoms with Gasteiger partial charge in [0, 0.05) is 67.1 Å². The maximum Gasteiger partial charge on any atom is 0.180 e. The van der Waals surface area contributed by atoms with E-state index in [1.54, 1.807) is 0 Å². The highest BCUT2D eigenvalue weighted by molar-refractivity contribution is 9.10. The van der Waals surface area contributed by atoms with E-state index in [1.807, 2.05) is 104 Å². The van der Waals surface area contributed by atoms with Crippen LogP contribution in [-0.2, 0) is 0 Å². The van der Waals surface area contributed by atoms with Crippen LogP contribution >= 0.6 is 39.1 Å². The number of halogens is 3. The zero-order chi connectivity index (χ0) is 61.6. The topological polar surface area (TPSA) is 41.1 Å². The molecule has 12 aromatic carbocycles. The van der Waals surface area contributed by atoms with Crippen LogP contribution in [0.25, 0.3) is 44.6 Å². The summed E-state index contributed by atoms with van der Waals surface area (Å²) < 4.78 is 1.08. The van der Waals surface area contributed by atoms with Crippen LogP contribution in [0.3, 0.4) is 0 Å². The van der Waals surface area contributed by atoms with Crippen LogP contribution in [0.1, 0.15) is 0 Å². The highest BCUT2D eigenvalue weighted by Crippen LogP contribution is 2.40. The molecule has 0 saturated carbocycles. The van der Waals surface area contributed by atoms with E-state index in [0.29, 0.717) is 0 Å². The van der Waals surface area contributed by atoms with Crippen molar-refractivity contribution in [1.82, 2.24) is 9.97 Å². The summed E-state index contributed by atoms with van der Waals surface area (Å²) in [5.74, 6) is 0. The van der Waals surface area contributed by atoms with Crippen molar-refractivity contribution in [2.24, 2.45) is 0 Å². The zero-order valence-electron chi connectivity index (χ0n) is 49.5. The first-order valence-electron chi connectivity index (χ1n) is 30.3. The molecular weight excluding hydrogens is 1250 g/mol. The third-order valence-corrected chi connectivity index (χ3v) is 27.9. The van der Waals surface area contributed by atoms with Gasteiger partial charge in [0.2, 0.25) is 0 Å². The van der Waals surface area contributed by atoms with Crippen LogP contribution in [0.5, 0.6) is 0 Å². The summed E-state index contributed by atoms with van der Waals surface area (Å²) in [4.78, 5) is 11.4. The molecule has 4 nitrogen and oxygen atoms in total. The van der Waals surface area contributed by atoms with Gasteiger partial charge in [-0.05, 0) is 190 Å². The van der Waals surface area contributed by atoms with E-state index in [4.69, 9.17) is 28.2 Å². The fourth-order valence-corrected chi connectivity index (χ4v) is 24.4. The van der Waals surface area contributed by atoms with Gasteiger partial charge in [-0.3, -0.25) is 9.97 Å². The van der Waals surface area contributed by atoms with Gasteiger partial charge in [0.05, 0.1) is 5.69 Å². The van der Waals surface area contributed by atoms with Crippen molar-refractivity contribution in [3.8, 4) is 44.6 Å². The number of anilines is 5. The lowest BCUT2D eigenvalue weighted by atomic mass is 10.0. The second kappa shape index (κ2) is 26.2. The number of pyridine rings is 2. The summed E-state index contributed by atoms with van der Waals surface area (Å²) in [5, 5.41) is 15.7. The lowest BCUT2D eigenvalue weighted by Crippen LogP contribution is -2.72. The van der Waals surface area contributed by atoms with Gasteiger partial charge in [-0.25, -0.2) is 0 Å². The smallest absolute Gasteiger partial charge is 0.180 e. The minimum absolute atomic E-state index is 0.744. The summed E-state index contributed by atoms with van der Waals surface area (Å²) in [5.41, 5.74) is 14.9. The Morgan fingerprint density at radius 3 is 1.25 bits per heavy atom. The maximum absolute atomic E-state index is 6.77. The molecule has 0 aliphatic carbocycles. The second-order valence-electron chi connectivity index (χ2n) is 22.5. The monoisotopic (exact) mass is 1300 g/mol. The number of hydrogen-bond acceptors (Lipinski definition) is 4. The molecule has 436 valence electrons. The normalized spacial score (nSPS) is 14.6. The van der Waals surface area contributed by atoms with E-state index < -0.39 is 16.1 Å². The predicted molar refractivity (Wildman–Crippen MR) is 393 cm³/mol. The molecule has 91 heavy (non-hydrogen) atoms. The number of nitrogens with zero attached hydrogens (tertiary/aromatic N) is 3. The zero-order valence-corrected chi connectivity index (χ0v) is 54.6. The fraction of sp³-hybridized carbons (Fsp3) is 0. The molecule has 0 radical (unpaired) electrons. The Balaban J connectivity index is 0.000000136. The molecule has 2 aromatic heterocycles. The Bertz CT molecular complexity index is 4700. The van der Waals surface area contributed by atoms with Crippen LogP contribution in [0.15, 0.2) is 357 Å². The van der Waals surface area contributed by atoms with Crippen molar-refractivity contribution < 1.29 is 0 Å². The van der Waals surface area contributed by atoms with Gasteiger partial charge in [-0.15, -0.1) is 0 Å². The van der Waals surface area contributed by atoms with Crippen LogP contribution in [0, 0.1) is 0 Å². The number of fused-ring (bicyclic) bond motifs is 6. The molecule has 0 spiro atoms. The van der Waals surface area contributed by atoms with Gasteiger partial charge in [-0.2, -0.15) is 0 Å². The minimum Gasteiger partial charge on any atom is -0.356 e. The Labute approximate surface area is 552 Å². The molecule has 1 N–H and O–H groups in total. The van der Waals surface area contributed by atoms with E-state index in [9.17, 15) is 0 Å². The molecule has 16 rings (SSSR count). The van der Waals surface area contributed by atoms with Crippen LogP contribution < -0.4 is 51.7 Å². The van der Waals surface area contributed by atoms with Crippen molar-refractivity contribution in [1.29, 1.82) is 0 Å². The number of aromatic nitrogens is 2. The highest BCUT2D eigenvalue weighted by atomic mass is 79.9. The first-order valence-corrected chi connectivity index (χ1v) is 35.9. The average molecular weight is 1310 g/mol. The average Bonchev–Trinajstić information content (AvgIpc) is 1.56. The summed E-state index contributed by atoms with van der Waals surface area (Å²) in [6.45, 7) is 0. The molecule has 0 amide bonds. The van der Waals surface area contributed by atoms with E-state index in [1.165, 1.54) is 69.3 Å². The van der Waals surface area contributed by atoms with Crippen LogP contribution in [0.2, 0.25) is 10.0 Å². The van der Waals surface area contributed by atoms with E-state index in [2.05, 4.69) is 280 Å². The Morgan fingerprint density at radius 1 is 0.319 bits per heavy atom. The molecule has 14 aromatic rings. The Kier molecular flexibility index (Phi) is 16.9. The number of hydrogen-bond donors (Lipinski definition) is 1.